The van der Waals surface area contributed by atoms with Crippen LogP contribution in [0.15, 0.2) is 17.3 Å². The second kappa shape index (κ2) is 10.2. The Morgan fingerprint density at radius 2 is 2.14 bits per heavy atom. The standard InChI is InChI=1S/C19H25ClN4O4S/c1-4-17-22-23-19(24(17)10-12-6-5-7-28-12)29-11-18(25)21-14-9-15(26-2)13(20)8-16(14)27-3/h8-9,12H,4-7,10-11H2,1-3H3,(H,21,25). The average Bonchev–Trinajstić information content (AvgIpc) is 3.37. The number of carbonyl (C=O) groups is 1. The molecule has 1 fully saturated rings. The minimum absolute atomic E-state index is 0.176. The maximum absolute atomic E-state index is 12.5. The fraction of sp³-hybridized carbons (Fsp3) is 0.526. The predicted octanol–water partition coefficient (Wildman–Crippen LogP) is 3.42. The third-order valence-electron chi connectivity index (χ3n) is 4.60. The number of aromatic nitrogens is 3. The molecule has 0 saturated carbocycles. The van der Waals surface area contributed by atoms with Crippen LogP contribution in [0.1, 0.15) is 25.6 Å². The first kappa shape index (κ1) is 21.7. The van der Waals surface area contributed by atoms with Crippen LogP contribution in [0.2, 0.25) is 5.02 Å². The SMILES string of the molecule is CCc1nnc(SCC(=O)Nc2cc(OC)c(Cl)cc2OC)n1CC1CCCO1. The fourth-order valence-corrected chi connectivity index (χ4v) is 4.13. The molecule has 2 aromatic rings. The zero-order valence-corrected chi connectivity index (χ0v) is 18.3. The van der Waals surface area contributed by atoms with Crippen LogP contribution in [0.25, 0.3) is 0 Å². The van der Waals surface area contributed by atoms with E-state index in [4.69, 9.17) is 25.8 Å². The van der Waals surface area contributed by atoms with Crippen LogP contribution >= 0.6 is 23.4 Å². The third kappa shape index (κ3) is 5.34. The van der Waals surface area contributed by atoms with Gasteiger partial charge in [-0.15, -0.1) is 10.2 Å². The van der Waals surface area contributed by atoms with E-state index in [9.17, 15) is 4.79 Å². The summed E-state index contributed by atoms with van der Waals surface area (Å²) in [7, 11) is 3.03. The van der Waals surface area contributed by atoms with E-state index in [1.807, 2.05) is 6.92 Å². The number of methoxy groups -OCH3 is 2. The summed E-state index contributed by atoms with van der Waals surface area (Å²) >= 11 is 7.46. The first-order chi connectivity index (χ1) is 14.0. The number of halogens is 1. The van der Waals surface area contributed by atoms with Crippen molar-refractivity contribution in [1.82, 2.24) is 14.8 Å². The number of aryl methyl sites for hydroxylation is 1. The summed E-state index contributed by atoms with van der Waals surface area (Å²) in [4.78, 5) is 12.5. The summed E-state index contributed by atoms with van der Waals surface area (Å²) < 4.78 is 18.3. The summed E-state index contributed by atoms with van der Waals surface area (Å²) in [6.07, 6.45) is 3.06. The summed E-state index contributed by atoms with van der Waals surface area (Å²) in [5.41, 5.74) is 0.495. The van der Waals surface area contributed by atoms with Crippen LogP contribution in [-0.4, -0.2) is 53.4 Å². The molecular formula is C19H25ClN4O4S. The average molecular weight is 441 g/mol. The summed E-state index contributed by atoms with van der Waals surface area (Å²) in [6, 6.07) is 3.24. The smallest absolute Gasteiger partial charge is 0.234 e. The third-order valence-corrected chi connectivity index (χ3v) is 5.86. The Labute approximate surface area is 179 Å². The molecule has 3 rings (SSSR count). The first-order valence-electron chi connectivity index (χ1n) is 9.43. The fourth-order valence-electron chi connectivity index (χ4n) is 3.14. The van der Waals surface area contributed by atoms with Crippen molar-refractivity contribution >= 4 is 35.0 Å². The molecule has 2 heterocycles. The molecule has 0 bridgehead atoms. The van der Waals surface area contributed by atoms with Crippen LogP contribution in [0.5, 0.6) is 11.5 Å². The molecule has 1 N–H and O–H groups in total. The van der Waals surface area contributed by atoms with Gasteiger partial charge in [-0.2, -0.15) is 0 Å². The van der Waals surface area contributed by atoms with Gasteiger partial charge in [0.25, 0.3) is 0 Å². The molecule has 1 unspecified atom stereocenters. The zero-order valence-electron chi connectivity index (χ0n) is 16.7. The van der Waals surface area contributed by atoms with Crippen LogP contribution in [-0.2, 0) is 22.5 Å². The molecule has 0 spiro atoms. The van der Waals surface area contributed by atoms with Crippen molar-refractivity contribution in [2.45, 2.75) is 44.0 Å². The van der Waals surface area contributed by atoms with E-state index in [1.165, 1.54) is 26.0 Å². The van der Waals surface area contributed by atoms with Crippen LogP contribution < -0.4 is 14.8 Å². The molecule has 0 aliphatic carbocycles. The van der Waals surface area contributed by atoms with Crippen LogP contribution in [0, 0.1) is 0 Å². The van der Waals surface area contributed by atoms with Gasteiger partial charge in [-0.1, -0.05) is 30.3 Å². The predicted molar refractivity (Wildman–Crippen MR) is 112 cm³/mol. The van der Waals surface area contributed by atoms with E-state index in [2.05, 4.69) is 20.1 Å². The lowest BCUT2D eigenvalue weighted by atomic mass is 10.2. The Hall–Kier alpha value is -1.97. The topological polar surface area (TPSA) is 87.5 Å². The highest BCUT2D eigenvalue weighted by Crippen LogP contribution is 2.36. The van der Waals surface area contributed by atoms with E-state index in [0.29, 0.717) is 33.9 Å². The molecule has 8 nitrogen and oxygen atoms in total. The Morgan fingerprint density at radius 1 is 1.34 bits per heavy atom. The molecule has 10 heteroatoms. The lowest BCUT2D eigenvalue weighted by molar-refractivity contribution is -0.113. The van der Waals surface area contributed by atoms with Crippen LogP contribution in [0.4, 0.5) is 5.69 Å². The number of nitrogens with zero attached hydrogens (tertiary/aromatic N) is 3. The molecule has 29 heavy (non-hydrogen) atoms. The molecule has 1 aliphatic rings. The quantitative estimate of drug-likeness (QED) is 0.597. The highest BCUT2D eigenvalue weighted by molar-refractivity contribution is 7.99. The molecular weight excluding hydrogens is 416 g/mol. The molecule has 1 aromatic heterocycles. The van der Waals surface area contributed by atoms with E-state index < -0.39 is 0 Å². The second-order valence-corrected chi connectivity index (χ2v) is 7.87. The number of rotatable bonds is 9. The minimum atomic E-state index is -0.192. The van der Waals surface area contributed by atoms with Gasteiger partial charge in [0.2, 0.25) is 5.91 Å². The van der Waals surface area contributed by atoms with Gasteiger partial charge in [-0.3, -0.25) is 4.79 Å². The Kier molecular flexibility index (Phi) is 7.63. The minimum Gasteiger partial charge on any atom is -0.495 e. The van der Waals surface area contributed by atoms with E-state index >= 15 is 0 Å². The number of hydrogen-bond acceptors (Lipinski definition) is 7. The highest BCUT2D eigenvalue weighted by Gasteiger charge is 2.21. The van der Waals surface area contributed by atoms with E-state index in [-0.39, 0.29) is 17.8 Å². The zero-order chi connectivity index (χ0) is 20.8. The molecule has 1 aliphatic heterocycles. The lowest BCUT2D eigenvalue weighted by Gasteiger charge is -2.15. The second-order valence-electron chi connectivity index (χ2n) is 6.52. The maximum atomic E-state index is 12.5. The van der Waals surface area contributed by atoms with Crippen molar-refractivity contribution in [3.8, 4) is 11.5 Å². The molecule has 1 saturated heterocycles. The van der Waals surface area contributed by atoms with Crippen molar-refractivity contribution in [3.63, 3.8) is 0 Å². The molecule has 158 valence electrons. The number of amides is 1. The monoisotopic (exact) mass is 440 g/mol. The van der Waals surface area contributed by atoms with Gasteiger partial charge < -0.3 is 24.1 Å². The van der Waals surface area contributed by atoms with Gasteiger partial charge in [-0.25, -0.2) is 0 Å². The van der Waals surface area contributed by atoms with Gasteiger partial charge >= 0.3 is 0 Å². The molecule has 1 aromatic carbocycles. The highest BCUT2D eigenvalue weighted by atomic mass is 35.5. The normalized spacial score (nSPS) is 16.1. The number of ether oxygens (including phenoxy) is 3. The number of benzene rings is 1. The molecule has 0 radical (unpaired) electrons. The summed E-state index contributed by atoms with van der Waals surface area (Å²) in [6.45, 7) is 3.55. The van der Waals surface area contributed by atoms with Crippen molar-refractivity contribution in [1.29, 1.82) is 0 Å². The van der Waals surface area contributed by atoms with Gasteiger partial charge in [0, 0.05) is 25.2 Å². The Balaban J connectivity index is 1.66. The van der Waals surface area contributed by atoms with Crippen molar-refractivity contribution in [2.75, 3.05) is 31.9 Å². The summed E-state index contributed by atoms with van der Waals surface area (Å²) in [5.74, 6) is 1.81. The van der Waals surface area contributed by atoms with Crippen molar-refractivity contribution < 1.29 is 19.0 Å². The van der Waals surface area contributed by atoms with E-state index in [0.717, 1.165) is 31.7 Å². The first-order valence-corrected chi connectivity index (χ1v) is 10.8. The van der Waals surface area contributed by atoms with Crippen molar-refractivity contribution in [3.05, 3.63) is 23.0 Å². The number of carbonyl (C=O) groups excluding carboxylic acids is 1. The van der Waals surface area contributed by atoms with Gasteiger partial charge in [-0.05, 0) is 12.8 Å². The van der Waals surface area contributed by atoms with Gasteiger partial charge in [0.15, 0.2) is 5.16 Å². The van der Waals surface area contributed by atoms with Crippen LogP contribution in [0.3, 0.4) is 0 Å². The van der Waals surface area contributed by atoms with Crippen molar-refractivity contribution in [2.24, 2.45) is 0 Å². The van der Waals surface area contributed by atoms with E-state index in [1.54, 1.807) is 12.1 Å². The Bertz CT molecular complexity index is 855. The molecule has 1 amide bonds. The number of hydrogen-bond donors (Lipinski definition) is 1. The van der Waals surface area contributed by atoms with Gasteiger partial charge in [0.1, 0.15) is 17.3 Å². The number of anilines is 1. The maximum Gasteiger partial charge on any atom is 0.234 e. The Morgan fingerprint density at radius 3 is 2.79 bits per heavy atom. The largest absolute Gasteiger partial charge is 0.495 e. The number of thioether (sulfide) groups is 1. The van der Waals surface area contributed by atoms with Gasteiger partial charge in [0.05, 0.1) is 43.3 Å². The summed E-state index contributed by atoms with van der Waals surface area (Å²) in [5, 5.41) is 12.5. The number of nitrogens with one attached hydrogen (secondary N) is 1. The lowest BCUT2D eigenvalue weighted by Crippen LogP contribution is -2.19. The molecule has 1 atom stereocenters.